The number of amides is 1. The minimum atomic E-state index is 0. The summed E-state index contributed by atoms with van der Waals surface area (Å²) in [6.07, 6.45) is 7.23. The lowest BCUT2D eigenvalue weighted by molar-refractivity contribution is -0.133. The maximum Gasteiger partial charge on any atom is 0.242 e. The Morgan fingerprint density at radius 3 is 2.42 bits per heavy atom. The summed E-state index contributed by atoms with van der Waals surface area (Å²) in [5.41, 5.74) is 3.16. The second kappa shape index (κ2) is 12.2. The van der Waals surface area contributed by atoms with Crippen LogP contribution in [0.15, 0.2) is 79.4 Å². The van der Waals surface area contributed by atoms with Crippen LogP contribution in [-0.2, 0) is 11.3 Å². The first-order valence-corrected chi connectivity index (χ1v) is 9.90. The molecule has 0 aliphatic carbocycles. The predicted molar refractivity (Wildman–Crippen MR) is 128 cm³/mol. The Morgan fingerprint density at radius 2 is 1.74 bits per heavy atom. The Bertz CT molecular complexity index is 915. The molecule has 31 heavy (non-hydrogen) atoms. The van der Waals surface area contributed by atoms with Gasteiger partial charge in [-0.05, 0) is 35.4 Å². The number of benzene rings is 1. The van der Waals surface area contributed by atoms with E-state index in [1.165, 1.54) is 0 Å². The molecule has 1 atom stereocenters. The van der Waals surface area contributed by atoms with Crippen molar-refractivity contribution in [2.24, 2.45) is 0 Å². The molecule has 2 aromatic heterocycles. The molecular weight excluding hydrogens is 433 g/mol. The molecule has 164 valence electrons. The Hall–Kier alpha value is -2.67. The molecule has 0 saturated carbocycles. The van der Waals surface area contributed by atoms with Crippen molar-refractivity contribution in [2.75, 3.05) is 31.1 Å². The zero-order chi connectivity index (χ0) is 19.9. The van der Waals surface area contributed by atoms with Crippen LogP contribution in [0, 0.1) is 0 Å². The molecule has 0 radical (unpaired) electrons. The molecule has 3 heterocycles. The highest BCUT2D eigenvalue weighted by molar-refractivity contribution is 5.85. The summed E-state index contributed by atoms with van der Waals surface area (Å²) < 4.78 is 0. The van der Waals surface area contributed by atoms with Crippen molar-refractivity contribution in [1.82, 2.24) is 20.2 Å². The van der Waals surface area contributed by atoms with Gasteiger partial charge in [-0.2, -0.15) is 0 Å². The van der Waals surface area contributed by atoms with Crippen molar-refractivity contribution >= 4 is 36.4 Å². The molecule has 1 saturated heterocycles. The number of piperazine rings is 1. The Balaban J connectivity index is 0.00000171. The molecular formula is C23H27Cl2N5O. The zero-order valence-corrected chi connectivity index (χ0v) is 18.8. The number of carbonyl (C=O) groups excluding carboxylic acids is 1. The first kappa shape index (κ1) is 24.6. The number of carbonyl (C=O) groups is 1. The van der Waals surface area contributed by atoms with Crippen molar-refractivity contribution < 1.29 is 4.79 Å². The van der Waals surface area contributed by atoms with E-state index in [2.05, 4.69) is 20.2 Å². The molecule has 4 rings (SSSR count). The number of para-hydroxylation sites is 1. The van der Waals surface area contributed by atoms with E-state index in [1.807, 2.05) is 71.9 Å². The first-order chi connectivity index (χ1) is 14.3. The summed E-state index contributed by atoms with van der Waals surface area (Å²) in [7, 11) is 0. The van der Waals surface area contributed by atoms with Crippen LogP contribution in [0.2, 0.25) is 0 Å². The summed E-state index contributed by atoms with van der Waals surface area (Å²) in [6, 6.07) is 18.0. The fraction of sp³-hybridized carbons (Fsp3) is 0.261. The maximum atomic E-state index is 13.4. The van der Waals surface area contributed by atoms with E-state index < -0.39 is 0 Å². The van der Waals surface area contributed by atoms with Gasteiger partial charge in [-0.15, -0.1) is 24.8 Å². The van der Waals surface area contributed by atoms with Gasteiger partial charge in [0.15, 0.2) is 0 Å². The quantitative estimate of drug-likeness (QED) is 0.610. The zero-order valence-electron chi connectivity index (χ0n) is 17.1. The van der Waals surface area contributed by atoms with E-state index in [1.54, 1.807) is 12.4 Å². The highest BCUT2D eigenvalue weighted by atomic mass is 35.5. The van der Waals surface area contributed by atoms with E-state index in [0.29, 0.717) is 19.6 Å². The number of nitrogens with zero attached hydrogens (tertiary/aromatic N) is 4. The van der Waals surface area contributed by atoms with Crippen molar-refractivity contribution in [2.45, 2.75) is 12.6 Å². The average Bonchev–Trinajstić information content (AvgIpc) is 2.80. The van der Waals surface area contributed by atoms with Crippen LogP contribution in [0.5, 0.6) is 0 Å². The summed E-state index contributed by atoms with van der Waals surface area (Å²) in [4.78, 5) is 25.9. The number of rotatable bonds is 6. The van der Waals surface area contributed by atoms with E-state index in [-0.39, 0.29) is 36.8 Å². The van der Waals surface area contributed by atoms with Gasteiger partial charge in [0, 0.05) is 56.7 Å². The van der Waals surface area contributed by atoms with Crippen LogP contribution >= 0.6 is 24.8 Å². The van der Waals surface area contributed by atoms with E-state index in [9.17, 15) is 4.79 Å². The molecule has 1 amide bonds. The highest BCUT2D eigenvalue weighted by Crippen LogP contribution is 2.23. The highest BCUT2D eigenvalue weighted by Gasteiger charge is 2.29. The molecule has 3 aromatic rings. The lowest BCUT2D eigenvalue weighted by Gasteiger charge is -2.38. The molecule has 1 aliphatic rings. The number of anilines is 1. The van der Waals surface area contributed by atoms with Gasteiger partial charge in [0.1, 0.15) is 0 Å². The standard InChI is InChI=1S/C23H25N5O.2ClH/c29-23(28-13-12-26-16-22(28)20-7-5-11-25-15-20)18-27(21-8-2-1-3-9-21)17-19-6-4-10-24-14-19;;/h1-11,14-15,22,26H,12-13,16-18H2;2*1H. The van der Waals surface area contributed by atoms with Crippen LogP contribution < -0.4 is 10.2 Å². The fourth-order valence-electron chi connectivity index (χ4n) is 3.72. The Kier molecular flexibility index (Phi) is 9.72. The van der Waals surface area contributed by atoms with Crippen molar-refractivity contribution in [1.29, 1.82) is 0 Å². The monoisotopic (exact) mass is 459 g/mol. The molecule has 1 unspecified atom stereocenters. The Morgan fingerprint density at radius 1 is 1.00 bits per heavy atom. The second-order valence-corrected chi connectivity index (χ2v) is 7.15. The molecule has 0 bridgehead atoms. The maximum absolute atomic E-state index is 13.4. The fourth-order valence-corrected chi connectivity index (χ4v) is 3.72. The summed E-state index contributed by atoms with van der Waals surface area (Å²) in [6.45, 7) is 3.18. The number of aromatic nitrogens is 2. The van der Waals surface area contributed by atoms with Gasteiger partial charge in [0.05, 0.1) is 12.6 Å². The summed E-state index contributed by atoms with van der Waals surface area (Å²) in [5.74, 6) is 0.119. The second-order valence-electron chi connectivity index (χ2n) is 7.15. The van der Waals surface area contributed by atoms with Gasteiger partial charge in [-0.1, -0.05) is 30.3 Å². The number of halogens is 2. The molecule has 1 fully saturated rings. The van der Waals surface area contributed by atoms with E-state index in [0.717, 1.165) is 29.9 Å². The Labute approximate surface area is 195 Å². The minimum Gasteiger partial charge on any atom is -0.358 e. The van der Waals surface area contributed by atoms with Crippen molar-refractivity contribution in [3.8, 4) is 0 Å². The van der Waals surface area contributed by atoms with Gasteiger partial charge in [-0.25, -0.2) is 0 Å². The third kappa shape index (κ3) is 6.40. The van der Waals surface area contributed by atoms with Crippen LogP contribution in [0.3, 0.4) is 0 Å². The molecule has 1 aliphatic heterocycles. The van der Waals surface area contributed by atoms with E-state index in [4.69, 9.17) is 0 Å². The van der Waals surface area contributed by atoms with Crippen LogP contribution in [0.1, 0.15) is 17.2 Å². The van der Waals surface area contributed by atoms with Crippen LogP contribution in [0.4, 0.5) is 5.69 Å². The number of pyridine rings is 2. The lowest BCUT2D eigenvalue weighted by Crippen LogP contribution is -2.51. The van der Waals surface area contributed by atoms with Gasteiger partial charge in [0.25, 0.3) is 0 Å². The molecule has 1 N–H and O–H groups in total. The normalized spacial score (nSPS) is 15.4. The topological polar surface area (TPSA) is 61.4 Å². The lowest BCUT2D eigenvalue weighted by atomic mass is 10.1. The number of hydrogen-bond acceptors (Lipinski definition) is 5. The first-order valence-electron chi connectivity index (χ1n) is 9.90. The SMILES string of the molecule is Cl.Cl.O=C(CN(Cc1cccnc1)c1ccccc1)N1CCNCC1c1cccnc1. The molecule has 8 heteroatoms. The number of nitrogens with one attached hydrogen (secondary N) is 1. The minimum absolute atomic E-state index is 0. The smallest absolute Gasteiger partial charge is 0.242 e. The van der Waals surface area contributed by atoms with Crippen molar-refractivity contribution in [3.05, 3.63) is 90.5 Å². The third-order valence-corrected chi connectivity index (χ3v) is 5.18. The predicted octanol–water partition coefficient (Wildman–Crippen LogP) is 3.50. The third-order valence-electron chi connectivity index (χ3n) is 5.18. The largest absolute Gasteiger partial charge is 0.358 e. The van der Waals surface area contributed by atoms with E-state index >= 15 is 0 Å². The molecule has 6 nitrogen and oxygen atoms in total. The summed E-state index contributed by atoms with van der Waals surface area (Å²) in [5, 5.41) is 3.40. The average molecular weight is 460 g/mol. The van der Waals surface area contributed by atoms with Gasteiger partial charge >= 0.3 is 0 Å². The van der Waals surface area contributed by atoms with Crippen LogP contribution in [0.25, 0.3) is 0 Å². The molecule has 1 aromatic carbocycles. The summed E-state index contributed by atoms with van der Waals surface area (Å²) >= 11 is 0. The van der Waals surface area contributed by atoms with Crippen molar-refractivity contribution in [3.63, 3.8) is 0 Å². The van der Waals surface area contributed by atoms with Crippen LogP contribution in [-0.4, -0.2) is 47.0 Å². The van der Waals surface area contributed by atoms with Gasteiger partial charge < -0.3 is 15.1 Å². The molecule has 0 spiro atoms. The van der Waals surface area contributed by atoms with Gasteiger partial charge in [0.2, 0.25) is 5.91 Å². The van der Waals surface area contributed by atoms with Gasteiger partial charge in [-0.3, -0.25) is 14.8 Å². The number of hydrogen-bond donors (Lipinski definition) is 1.